The molecule has 1 aliphatic heterocycles. The van der Waals surface area contributed by atoms with Crippen LogP contribution in [0.2, 0.25) is 0 Å². The number of hydrogen-bond donors (Lipinski definition) is 0. The number of aryl methyl sites for hydroxylation is 1. The van der Waals surface area contributed by atoms with Crippen LogP contribution in [0.15, 0.2) is 45.8 Å². The van der Waals surface area contributed by atoms with E-state index in [1.807, 2.05) is 31.2 Å². The molecule has 0 bridgehead atoms. The summed E-state index contributed by atoms with van der Waals surface area (Å²) in [6, 6.07) is 11.0. The lowest BCUT2D eigenvalue weighted by Gasteiger charge is -2.13. The van der Waals surface area contributed by atoms with Gasteiger partial charge < -0.3 is 14.2 Å². The third kappa shape index (κ3) is 5.48. The molecular formula is C22H20BrNO6S. The number of ether oxygens (including phenoxy) is 3. The van der Waals surface area contributed by atoms with Crippen molar-refractivity contribution in [2.45, 2.75) is 13.5 Å². The van der Waals surface area contributed by atoms with Gasteiger partial charge in [-0.15, -0.1) is 0 Å². The molecule has 1 saturated heterocycles. The summed E-state index contributed by atoms with van der Waals surface area (Å²) in [4.78, 5) is 38.2. The van der Waals surface area contributed by atoms with Crippen LogP contribution in [-0.2, 0) is 20.9 Å². The fraction of sp³-hybridized carbons (Fsp3) is 0.227. The van der Waals surface area contributed by atoms with Crippen molar-refractivity contribution in [3.63, 3.8) is 0 Å². The summed E-state index contributed by atoms with van der Waals surface area (Å²) in [6.07, 6.45) is 1.62. The summed E-state index contributed by atoms with van der Waals surface area (Å²) in [5.41, 5.74) is 2.58. The first-order valence-corrected chi connectivity index (χ1v) is 10.8. The summed E-state index contributed by atoms with van der Waals surface area (Å²) in [5.74, 6) is -0.167. The van der Waals surface area contributed by atoms with Crippen LogP contribution < -0.4 is 9.47 Å². The molecular weight excluding hydrogens is 486 g/mol. The third-order valence-electron chi connectivity index (χ3n) is 4.44. The first-order valence-electron chi connectivity index (χ1n) is 9.20. The molecule has 0 saturated carbocycles. The number of imide groups is 1. The van der Waals surface area contributed by atoms with Gasteiger partial charge in [-0.2, -0.15) is 0 Å². The van der Waals surface area contributed by atoms with Gasteiger partial charge in [-0.1, -0.05) is 45.8 Å². The normalized spacial score (nSPS) is 14.8. The zero-order valence-electron chi connectivity index (χ0n) is 17.1. The van der Waals surface area contributed by atoms with E-state index in [0.717, 1.165) is 22.9 Å². The Morgan fingerprint density at radius 1 is 1.16 bits per heavy atom. The SMILES string of the molecule is COC(=O)COc1cc(Br)c(/C=C2/SC(=O)N(Cc3cccc(C)c3)C2=O)cc1OC. The van der Waals surface area contributed by atoms with Gasteiger partial charge in [-0.05, 0) is 48.0 Å². The minimum Gasteiger partial charge on any atom is -0.493 e. The summed E-state index contributed by atoms with van der Waals surface area (Å²) in [7, 11) is 2.74. The van der Waals surface area contributed by atoms with Crippen molar-refractivity contribution in [3.8, 4) is 11.5 Å². The molecule has 2 aromatic carbocycles. The highest BCUT2D eigenvalue weighted by Crippen LogP contribution is 2.38. The zero-order valence-corrected chi connectivity index (χ0v) is 19.5. The summed E-state index contributed by atoms with van der Waals surface area (Å²) >= 11 is 4.33. The molecule has 1 fully saturated rings. The van der Waals surface area contributed by atoms with Gasteiger partial charge in [0, 0.05) is 4.47 Å². The smallest absolute Gasteiger partial charge is 0.343 e. The van der Waals surface area contributed by atoms with Gasteiger partial charge in [0.1, 0.15) is 0 Å². The monoisotopic (exact) mass is 505 g/mol. The molecule has 0 unspecified atom stereocenters. The van der Waals surface area contributed by atoms with Crippen LogP contribution >= 0.6 is 27.7 Å². The number of rotatable bonds is 7. The quantitative estimate of drug-likeness (QED) is 0.403. The van der Waals surface area contributed by atoms with Gasteiger partial charge >= 0.3 is 5.97 Å². The first kappa shape index (κ1) is 22.9. The van der Waals surface area contributed by atoms with Crippen LogP contribution in [0.25, 0.3) is 6.08 Å². The van der Waals surface area contributed by atoms with E-state index in [-0.39, 0.29) is 24.3 Å². The van der Waals surface area contributed by atoms with Crippen molar-refractivity contribution < 1.29 is 28.6 Å². The molecule has 2 amide bonds. The highest BCUT2D eigenvalue weighted by Gasteiger charge is 2.35. The van der Waals surface area contributed by atoms with Crippen LogP contribution in [0.5, 0.6) is 11.5 Å². The molecule has 0 aliphatic carbocycles. The number of thioether (sulfide) groups is 1. The van der Waals surface area contributed by atoms with Crippen molar-refractivity contribution in [1.29, 1.82) is 0 Å². The number of carbonyl (C=O) groups is 3. The lowest BCUT2D eigenvalue weighted by molar-refractivity contribution is -0.142. The lowest BCUT2D eigenvalue weighted by atomic mass is 10.1. The number of hydrogen-bond acceptors (Lipinski definition) is 7. The van der Waals surface area contributed by atoms with Crippen molar-refractivity contribution in [2.75, 3.05) is 20.8 Å². The van der Waals surface area contributed by atoms with Crippen LogP contribution in [0.3, 0.4) is 0 Å². The molecule has 0 aromatic heterocycles. The topological polar surface area (TPSA) is 82.1 Å². The summed E-state index contributed by atoms with van der Waals surface area (Å²) in [6.45, 7) is 1.91. The molecule has 162 valence electrons. The van der Waals surface area contributed by atoms with Crippen molar-refractivity contribution in [2.24, 2.45) is 0 Å². The van der Waals surface area contributed by atoms with E-state index in [1.54, 1.807) is 18.2 Å². The summed E-state index contributed by atoms with van der Waals surface area (Å²) < 4.78 is 15.9. The van der Waals surface area contributed by atoms with Gasteiger partial charge in [0.25, 0.3) is 11.1 Å². The molecule has 3 rings (SSSR count). The second-order valence-electron chi connectivity index (χ2n) is 6.65. The molecule has 0 spiro atoms. The molecule has 1 heterocycles. The number of benzene rings is 2. The van der Waals surface area contributed by atoms with E-state index in [9.17, 15) is 14.4 Å². The van der Waals surface area contributed by atoms with Gasteiger partial charge in [0.15, 0.2) is 18.1 Å². The van der Waals surface area contributed by atoms with Crippen molar-refractivity contribution >= 4 is 50.9 Å². The number of amides is 2. The Hall–Kier alpha value is -2.78. The lowest BCUT2D eigenvalue weighted by Crippen LogP contribution is -2.27. The molecule has 1 aliphatic rings. The fourth-order valence-electron chi connectivity index (χ4n) is 2.90. The average Bonchev–Trinajstić information content (AvgIpc) is 3.00. The second kappa shape index (κ2) is 10.0. The number of halogens is 1. The Morgan fingerprint density at radius 2 is 1.94 bits per heavy atom. The second-order valence-corrected chi connectivity index (χ2v) is 8.49. The average molecular weight is 506 g/mol. The maximum atomic E-state index is 12.8. The third-order valence-corrected chi connectivity index (χ3v) is 6.03. The fourth-order valence-corrected chi connectivity index (χ4v) is 4.17. The Balaban J connectivity index is 1.83. The van der Waals surface area contributed by atoms with E-state index < -0.39 is 5.97 Å². The number of methoxy groups -OCH3 is 2. The minimum absolute atomic E-state index is 0.217. The number of carbonyl (C=O) groups excluding carboxylic acids is 3. The van der Waals surface area contributed by atoms with Gasteiger partial charge in [0.05, 0.1) is 25.7 Å². The van der Waals surface area contributed by atoms with Crippen molar-refractivity contribution in [3.05, 3.63) is 62.5 Å². The molecule has 31 heavy (non-hydrogen) atoms. The Bertz CT molecular complexity index is 1070. The molecule has 2 aromatic rings. The van der Waals surface area contributed by atoms with Crippen LogP contribution in [0.1, 0.15) is 16.7 Å². The van der Waals surface area contributed by atoms with E-state index in [4.69, 9.17) is 9.47 Å². The Labute approximate surface area is 192 Å². The van der Waals surface area contributed by atoms with Gasteiger partial charge in [-0.3, -0.25) is 14.5 Å². The highest BCUT2D eigenvalue weighted by molar-refractivity contribution is 9.10. The Kier molecular flexibility index (Phi) is 7.40. The molecule has 0 radical (unpaired) electrons. The minimum atomic E-state index is -0.524. The maximum Gasteiger partial charge on any atom is 0.343 e. The Morgan fingerprint density at radius 3 is 2.61 bits per heavy atom. The molecule has 9 heteroatoms. The van der Waals surface area contributed by atoms with Gasteiger partial charge in [-0.25, -0.2) is 4.79 Å². The maximum absolute atomic E-state index is 12.8. The van der Waals surface area contributed by atoms with Crippen molar-refractivity contribution in [1.82, 2.24) is 4.90 Å². The molecule has 0 N–H and O–H groups in total. The predicted octanol–water partition coefficient (Wildman–Crippen LogP) is 4.55. The predicted molar refractivity (Wildman–Crippen MR) is 121 cm³/mol. The first-order chi connectivity index (χ1) is 14.8. The van der Waals surface area contributed by atoms with E-state index >= 15 is 0 Å². The van der Waals surface area contributed by atoms with E-state index in [0.29, 0.717) is 26.4 Å². The van der Waals surface area contributed by atoms with Crippen LogP contribution in [0.4, 0.5) is 4.79 Å². The van der Waals surface area contributed by atoms with Crippen LogP contribution in [0, 0.1) is 6.92 Å². The standard InChI is InChI=1S/C22H20BrNO6S/c1-13-5-4-6-14(7-13)11-24-21(26)19(31-22(24)27)9-15-8-17(28-2)18(10-16(15)23)30-12-20(25)29-3/h4-10H,11-12H2,1-3H3/b19-9+. The zero-order chi connectivity index (χ0) is 22.5. The summed E-state index contributed by atoms with van der Waals surface area (Å²) in [5, 5.41) is -0.320. The number of esters is 1. The largest absolute Gasteiger partial charge is 0.493 e. The molecule has 0 atom stereocenters. The van der Waals surface area contributed by atoms with E-state index in [1.165, 1.54) is 19.1 Å². The highest BCUT2D eigenvalue weighted by atomic mass is 79.9. The van der Waals surface area contributed by atoms with Crippen LogP contribution in [-0.4, -0.2) is 42.8 Å². The molecule has 7 nitrogen and oxygen atoms in total. The number of nitrogens with zero attached hydrogens (tertiary/aromatic N) is 1. The van der Waals surface area contributed by atoms with E-state index in [2.05, 4.69) is 20.7 Å². The van der Waals surface area contributed by atoms with Gasteiger partial charge in [0.2, 0.25) is 0 Å².